The Morgan fingerprint density at radius 2 is 1.90 bits per heavy atom. The van der Waals surface area contributed by atoms with E-state index in [0.717, 1.165) is 31.2 Å². The van der Waals surface area contributed by atoms with E-state index in [1.54, 1.807) is 11.3 Å². The highest BCUT2D eigenvalue weighted by molar-refractivity contribution is 7.10. The van der Waals surface area contributed by atoms with Crippen molar-refractivity contribution in [1.82, 2.24) is 9.80 Å². The smallest absolute Gasteiger partial charge is 0.242 e. The minimum absolute atomic E-state index is 0.0609. The summed E-state index contributed by atoms with van der Waals surface area (Å²) in [5.74, 6) is 0.697. The van der Waals surface area contributed by atoms with E-state index < -0.39 is 0 Å². The van der Waals surface area contributed by atoms with Crippen LogP contribution in [0.5, 0.6) is 0 Å². The van der Waals surface area contributed by atoms with Crippen molar-refractivity contribution in [2.24, 2.45) is 11.8 Å². The lowest BCUT2D eigenvalue weighted by Crippen LogP contribution is -2.49. The summed E-state index contributed by atoms with van der Waals surface area (Å²) >= 11 is 1.78. The molecular formula is C25H32N2O2S. The molecule has 1 fully saturated rings. The maximum absolute atomic E-state index is 13.5. The molecule has 5 heteroatoms. The van der Waals surface area contributed by atoms with Crippen LogP contribution in [0.15, 0.2) is 35.7 Å². The number of carbonyl (C=O) groups excluding carboxylic acids is 2. The number of carbonyl (C=O) groups is 2. The molecule has 2 aromatic rings. The Labute approximate surface area is 183 Å². The van der Waals surface area contributed by atoms with Crippen molar-refractivity contribution in [1.29, 1.82) is 0 Å². The number of nitrogens with zero attached hydrogens (tertiary/aromatic N) is 2. The van der Waals surface area contributed by atoms with Crippen molar-refractivity contribution in [2.45, 2.75) is 52.5 Å². The van der Waals surface area contributed by atoms with Crippen LogP contribution in [-0.2, 0) is 16.0 Å². The average Bonchev–Trinajstić information content (AvgIpc) is 3.14. The molecule has 1 saturated carbocycles. The van der Waals surface area contributed by atoms with Gasteiger partial charge in [0, 0.05) is 23.9 Å². The van der Waals surface area contributed by atoms with Gasteiger partial charge in [-0.15, -0.1) is 11.3 Å². The van der Waals surface area contributed by atoms with Gasteiger partial charge in [-0.1, -0.05) is 50.1 Å². The third-order valence-electron chi connectivity index (χ3n) is 6.36. The predicted octanol–water partition coefficient (Wildman–Crippen LogP) is 4.82. The van der Waals surface area contributed by atoms with Crippen LogP contribution in [0.25, 0.3) is 0 Å². The summed E-state index contributed by atoms with van der Waals surface area (Å²) in [6, 6.07) is 10.6. The molecule has 160 valence electrons. The molecule has 2 heterocycles. The Bertz CT molecular complexity index is 898. The van der Waals surface area contributed by atoms with Crippen molar-refractivity contribution in [3.63, 3.8) is 0 Å². The summed E-state index contributed by atoms with van der Waals surface area (Å²) in [5.41, 5.74) is 3.60. The number of benzene rings is 1. The van der Waals surface area contributed by atoms with Gasteiger partial charge in [0.05, 0.1) is 12.6 Å². The van der Waals surface area contributed by atoms with Gasteiger partial charge in [0.25, 0.3) is 0 Å². The molecule has 30 heavy (non-hydrogen) atoms. The van der Waals surface area contributed by atoms with Crippen molar-refractivity contribution >= 4 is 23.2 Å². The van der Waals surface area contributed by atoms with Crippen LogP contribution in [0.1, 0.15) is 60.7 Å². The number of amides is 2. The lowest BCUT2D eigenvalue weighted by atomic mass is 9.84. The van der Waals surface area contributed by atoms with E-state index in [2.05, 4.69) is 56.5 Å². The molecule has 1 aliphatic carbocycles. The minimum atomic E-state index is -0.0622. The number of hydrogen-bond donors (Lipinski definition) is 0. The molecule has 0 unspecified atom stereocenters. The Morgan fingerprint density at radius 3 is 2.53 bits per heavy atom. The van der Waals surface area contributed by atoms with Gasteiger partial charge in [0.2, 0.25) is 11.8 Å². The van der Waals surface area contributed by atoms with Gasteiger partial charge in [-0.3, -0.25) is 9.59 Å². The second-order valence-electron chi connectivity index (χ2n) is 9.19. The van der Waals surface area contributed by atoms with Crippen LogP contribution in [0, 0.1) is 18.8 Å². The maximum atomic E-state index is 13.5. The minimum Gasteiger partial charge on any atom is -0.333 e. The second kappa shape index (κ2) is 8.93. The van der Waals surface area contributed by atoms with E-state index in [1.165, 1.54) is 16.0 Å². The molecule has 4 rings (SSSR count). The van der Waals surface area contributed by atoms with E-state index in [1.807, 2.05) is 9.80 Å². The number of hydrogen-bond acceptors (Lipinski definition) is 3. The van der Waals surface area contributed by atoms with E-state index in [0.29, 0.717) is 19.0 Å². The summed E-state index contributed by atoms with van der Waals surface area (Å²) in [5, 5.41) is 2.13. The summed E-state index contributed by atoms with van der Waals surface area (Å²) in [7, 11) is 0. The topological polar surface area (TPSA) is 40.6 Å². The van der Waals surface area contributed by atoms with Crippen molar-refractivity contribution in [2.75, 3.05) is 19.6 Å². The zero-order valence-electron chi connectivity index (χ0n) is 18.3. The Balaban J connectivity index is 1.59. The molecule has 2 aliphatic rings. The van der Waals surface area contributed by atoms with Crippen molar-refractivity contribution in [3.8, 4) is 0 Å². The Hall–Kier alpha value is -2.14. The number of fused-ring (bicyclic) bond motifs is 1. The lowest BCUT2D eigenvalue weighted by molar-refractivity contribution is -0.146. The van der Waals surface area contributed by atoms with E-state index in [-0.39, 0.29) is 30.3 Å². The fraction of sp³-hybridized carbons (Fsp3) is 0.520. The summed E-state index contributed by atoms with van der Waals surface area (Å²) in [6.45, 7) is 7.85. The molecule has 1 aromatic heterocycles. The van der Waals surface area contributed by atoms with Crippen LogP contribution < -0.4 is 0 Å². The highest BCUT2D eigenvalue weighted by Gasteiger charge is 2.36. The van der Waals surface area contributed by atoms with E-state index >= 15 is 0 Å². The van der Waals surface area contributed by atoms with Crippen molar-refractivity contribution in [3.05, 3.63) is 57.3 Å². The van der Waals surface area contributed by atoms with Gasteiger partial charge < -0.3 is 9.80 Å². The zero-order valence-corrected chi connectivity index (χ0v) is 19.1. The van der Waals surface area contributed by atoms with Crippen LogP contribution >= 0.6 is 11.3 Å². The van der Waals surface area contributed by atoms with Gasteiger partial charge in [-0.05, 0) is 54.7 Å². The predicted molar refractivity (Wildman–Crippen MR) is 122 cm³/mol. The number of rotatable bonds is 6. The third-order valence-corrected chi connectivity index (χ3v) is 7.35. The quantitative estimate of drug-likeness (QED) is 0.667. The summed E-state index contributed by atoms with van der Waals surface area (Å²) in [6.07, 6.45) is 3.95. The van der Waals surface area contributed by atoms with Crippen molar-refractivity contribution < 1.29 is 9.59 Å². The average molecular weight is 425 g/mol. The Morgan fingerprint density at radius 1 is 1.17 bits per heavy atom. The van der Waals surface area contributed by atoms with E-state index in [4.69, 9.17) is 0 Å². The standard InChI is InChI=1S/C25H32N2O2S/c1-17(2)15-26(25(29)20-5-4-6-20)16-23(28)27-13-11-22-21(12-14-30-22)24(27)19-9-7-18(3)8-10-19/h7-10,12,14,17,20,24H,4-6,11,13,15-16H2,1-3H3/t24-/m0/s1. The van der Waals surface area contributed by atoms with Gasteiger partial charge in [-0.2, -0.15) is 0 Å². The molecule has 1 atom stereocenters. The molecule has 1 aromatic carbocycles. The van der Waals surface area contributed by atoms with Crippen LogP contribution in [0.2, 0.25) is 0 Å². The second-order valence-corrected chi connectivity index (χ2v) is 10.2. The molecule has 1 aliphatic heterocycles. The van der Waals surface area contributed by atoms with Crippen LogP contribution in [0.4, 0.5) is 0 Å². The van der Waals surface area contributed by atoms with Gasteiger partial charge >= 0.3 is 0 Å². The third kappa shape index (κ3) is 4.31. The maximum Gasteiger partial charge on any atom is 0.242 e. The molecular weight excluding hydrogens is 392 g/mol. The fourth-order valence-electron chi connectivity index (χ4n) is 4.53. The summed E-state index contributed by atoms with van der Waals surface area (Å²) < 4.78 is 0. The van der Waals surface area contributed by atoms with Crippen LogP contribution in [0.3, 0.4) is 0 Å². The first kappa shape index (κ1) is 21.1. The zero-order chi connectivity index (χ0) is 21.3. The van der Waals surface area contributed by atoms with Gasteiger partial charge in [0.15, 0.2) is 0 Å². The fourth-order valence-corrected chi connectivity index (χ4v) is 5.44. The molecule has 4 nitrogen and oxygen atoms in total. The number of thiophene rings is 1. The first-order valence-electron chi connectivity index (χ1n) is 11.1. The molecule has 0 bridgehead atoms. The first-order valence-corrected chi connectivity index (χ1v) is 12.0. The van der Waals surface area contributed by atoms with Gasteiger partial charge in [0.1, 0.15) is 0 Å². The molecule has 0 spiro atoms. The largest absolute Gasteiger partial charge is 0.333 e. The SMILES string of the molecule is Cc1ccc([C@H]2c3ccsc3CCN2C(=O)CN(CC(C)C)C(=O)C2CCC2)cc1. The highest BCUT2D eigenvalue weighted by atomic mass is 32.1. The molecule has 2 amide bonds. The first-order chi connectivity index (χ1) is 14.4. The number of aryl methyl sites for hydroxylation is 1. The molecule has 0 N–H and O–H groups in total. The monoisotopic (exact) mass is 424 g/mol. The molecule has 0 radical (unpaired) electrons. The lowest BCUT2D eigenvalue weighted by Gasteiger charge is -2.39. The highest BCUT2D eigenvalue weighted by Crippen LogP contribution is 2.38. The van der Waals surface area contributed by atoms with Crippen LogP contribution in [-0.4, -0.2) is 41.2 Å². The van der Waals surface area contributed by atoms with Gasteiger partial charge in [-0.25, -0.2) is 0 Å². The summed E-state index contributed by atoms with van der Waals surface area (Å²) in [4.78, 5) is 31.7. The Kier molecular flexibility index (Phi) is 6.28. The molecule has 0 saturated heterocycles. The van der Waals surface area contributed by atoms with E-state index in [9.17, 15) is 9.59 Å². The normalized spacial score (nSPS) is 18.8.